The van der Waals surface area contributed by atoms with Crippen LogP contribution in [0.3, 0.4) is 0 Å². The molecular weight excluding hydrogens is 272 g/mol. The molecule has 1 atom stereocenters. The molecule has 0 saturated carbocycles. The number of rotatable bonds is 7. The van der Waals surface area contributed by atoms with Crippen molar-refractivity contribution in [3.8, 4) is 0 Å². The lowest BCUT2D eigenvalue weighted by Crippen LogP contribution is -2.52. The predicted molar refractivity (Wildman–Crippen MR) is 75.9 cm³/mol. The maximum absolute atomic E-state index is 12.3. The zero-order chi connectivity index (χ0) is 15.4. The average Bonchev–Trinajstić information content (AvgIpc) is 2.87. The Bertz CT molecular complexity index is 508. The van der Waals surface area contributed by atoms with Crippen LogP contribution in [-0.2, 0) is 4.79 Å². The van der Waals surface area contributed by atoms with Crippen LogP contribution in [0.1, 0.15) is 56.1 Å². The zero-order valence-electron chi connectivity index (χ0n) is 12.5. The highest BCUT2D eigenvalue weighted by molar-refractivity contribution is 5.84. The number of amides is 1. The van der Waals surface area contributed by atoms with E-state index in [2.05, 4.69) is 17.2 Å². The lowest BCUT2D eigenvalue weighted by molar-refractivity contribution is -0.142. The molecular formula is C14H22N4O3. The Kier molecular flexibility index (Phi) is 4.93. The Morgan fingerprint density at radius 3 is 2.67 bits per heavy atom. The number of carboxylic acids is 1. The summed E-state index contributed by atoms with van der Waals surface area (Å²) in [6, 6.07) is 0.0400. The molecule has 2 heterocycles. The van der Waals surface area contributed by atoms with E-state index in [1.54, 1.807) is 4.68 Å². The molecule has 1 aromatic rings. The van der Waals surface area contributed by atoms with Gasteiger partial charge in [0.05, 0.1) is 12.2 Å². The van der Waals surface area contributed by atoms with Gasteiger partial charge in [0, 0.05) is 19.0 Å². The van der Waals surface area contributed by atoms with Crippen LogP contribution in [0.5, 0.6) is 0 Å². The molecule has 1 aliphatic rings. The summed E-state index contributed by atoms with van der Waals surface area (Å²) >= 11 is 0. The lowest BCUT2D eigenvalue weighted by atomic mass is 9.95. The first-order valence-corrected chi connectivity index (χ1v) is 7.50. The number of unbranched alkanes of at least 4 members (excludes halogenated alkanes) is 1. The molecule has 1 fully saturated rings. The van der Waals surface area contributed by atoms with Gasteiger partial charge in [0.2, 0.25) is 5.91 Å². The average molecular weight is 294 g/mol. The summed E-state index contributed by atoms with van der Waals surface area (Å²) in [5.41, 5.74) is -0.0610. The van der Waals surface area contributed by atoms with E-state index >= 15 is 0 Å². The number of carbonyl (C=O) groups excluding carboxylic acids is 1. The summed E-state index contributed by atoms with van der Waals surface area (Å²) in [6.45, 7) is 5.35. The van der Waals surface area contributed by atoms with Gasteiger partial charge >= 0.3 is 5.97 Å². The summed E-state index contributed by atoms with van der Waals surface area (Å²) in [5, 5.41) is 16.2. The van der Waals surface area contributed by atoms with E-state index in [1.165, 1.54) is 6.20 Å². The molecule has 21 heavy (non-hydrogen) atoms. The Labute approximate surface area is 123 Å². The molecule has 1 unspecified atom stereocenters. The van der Waals surface area contributed by atoms with Crippen LogP contribution >= 0.6 is 0 Å². The van der Waals surface area contributed by atoms with Crippen molar-refractivity contribution in [2.24, 2.45) is 5.92 Å². The summed E-state index contributed by atoms with van der Waals surface area (Å²) in [6.07, 6.45) is 5.41. The van der Waals surface area contributed by atoms with E-state index in [0.29, 0.717) is 13.1 Å². The standard InChI is InChI=1S/C14H22N4O3/c1-3-5-6-10(4-2)13(19)17-7-11(8-17)18-9-12(14(20)21)15-16-18/h9-11H,3-8H2,1-2H3,(H,20,21). The second kappa shape index (κ2) is 6.69. The zero-order valence-corrected chi connectivity index (χ0v) is 12.5. The number of aromatic carboxylic acids is 1. The van der Waals surface area contributed by atoms with Crippen LogP contribution in [-0.4, -0.2) is 50.0 Å². The maximum atomic E-state index is 12.3. The van der Waals surface area contributed by atoms with Crippen molar-refractivity contribution in [1.29, 1.82) is 0 Å². The largest absolute Gasteiger partial charge is 0.476 e. The number of carboxylic acid groups (broad SMARTS) is 1. The van der Waals surface area contributed by atoms with Crippen molar-refractivity contribution in [1.82, 2.24) is 19.9 Å². The minimum atomic E-state index is -1.08. The number of hydrogen-bond acceptors (Lipinski definition) is 4. The summed E-state index contributed by atoms with van der Waals surface area (Å²) in [4.78, 5) is 24.9. The Balaban J connectivity index is 1.87. The molecule has 7 heteroatoms. The van der Waals surface area contributed by atoms with Gasteiger partial charge in [0.1, 0.15) is 0 Å². The van der Waals surface area contributed by atoms with Crippen LogP contribution in [0.4, 0.5) is 0 Å². The van der Waals surface area contributed by atoms with E-state index in [4.69, 9.17) is 5.11 Å². The number of nitrogens with zero attached hydrogens (tertiary/aromatic N) is 4. The predicted octanol–water partition coefficient (Wildman–Crippen LogP) is 1.58. The topological polar surface area (TPSA) is 88.3 Å². The number of likely N-dealkylation sites (tertiary alicyclic amines) is 1. The van der Waals surface area contributed by atoms with Crippen molar-refractivity contribution < 1.29 is 14.7 Å². The molecule has 0 aromatic carbocycles. The fraction of sp³-hybridized carbons (Fsp3) is 0.714. The monoisotopic (exact) mass is 294 g/mol. The second-order valence-electron chi connectivity index (χ2n) is 5.53. The number of hydrogen-bond donors (Lipinski definition) is 1. The Morgan fingerprint density at radius 2 is 2.14 bits per heavy atom. The van der Waals surface area contributed by atoms with Crippen LogP contribution in [0.2, 0.25) is 0 Å². The highest BCUT2D eigenvalue weighted by atomic mass is 16.4. The Hall–Kier alpha value is -1.92. The maximum Gasteiger partial charge on any atom is 0.358 e. The summed E-state index contributed by atoms with van der Waals surface area (Å²) in [7, 11) is 0. The molecule has 0 aliphatic carbocycles. The van der Waals surface area contributed by atoms with Crippen LogP contribution in [0.15, 0.2) is 6.20 Å². The van der Waals surface area contributed by atoms with Gasteiger partial charge in [-0.15, -0.1) is 5.10 Å². The first-order chi connectivity index (χ1) is 10.1. The van der Waals surface area contributed by atoms with Gasteiger partial charge in [-0.3, -0.25) is 4.79 Å². The van der Waals surface area contributed by atoms with Crippen LogP contribution in [0.25, 0.3) is 0 Å². The van der Waals surface area contributed by atoms with Gasteiger partial charge in [-0.2, -0.15) is 0 Å². The second-order valence-corrected chi connectivity index (χ2v) is 5.53. The molecule has 0 radical (unpaired) electrons. The van der Waals surface area contributed by atoms with Gasteiger partial charge in [0.25, 0.3) is 0 Å². The van der Waals surface area contributed by atoms with E-state index in [-0.39, 0.29) is 23.6 Å². The molecule has 0 spiro atoms. The molecule has 1 amide bonds. The normalized spacial score (nSPS) is 16.6. The summed E-state index contributed by atoms with van der Waals surface area (Å²) < 4.78 is 1.54. The van der Waals surface area contributed by atoms with E-state index in [0.717, 1.165) is 25.7 Å². The van der Waals surface area contributed by atoms with Crippen molar-refractivity contribution in [2.75, 3.05) is 13.1 Å². The van der Waals surface area contributed by atoms with Gasteiger partial charge in [0.15, 0.2) is 5.69 Å². The molecule has 7 nitrogen and oxygen atoms in total. The van der Waals surface area contributed by atoms with E-state index < -0.39 is 5.97 Å². The number of carbonyl (C=O) groups is 2. The van der Waals surface area contributed by atoms with Crippen molar-refractivity contribution >= 4 is 11.9 Å². The van der Waals surface area contributed by atoms with Crippen LogP contribution in [0, 0.1) is 5.92 Å². The van der Waals surface area contributed by atoms with E-state index in [9.17, 15) is 9.59 Å². The molecule has 1 aliphatic heterocycles. The third kappa shape index (κ3) is 3.40. The highest BCUT2D eigenvalue weighted by Crippen LogP contribution is 2.25. The van der Waals surface area contributed by atoms with Crippen LogP contribution < -0.4 is 0 Å². The van der Waals surface area contributed by atoms with Crippen molar-refractivity contribution in [3.63, 3.8) is 0 Å². The van der Waals surface area contributed by atoms with E-state index in [1.807, 2.05) is 11.8 Å². The summed E-state index contributed by atoms with van der Waals surface area (Å²) in [5.74, 6) is -0.767. The third-order valence-electron chi connectivity index (χ3n) is 4.03. The minimum Gasteiger partial charge on any atom is -0.476 e. The van der Waals surface area contributed by atoms with Crippen molar-refractivity contribution in [2.45, 2.75) is 45.6 Å². The fourth-order valence-corrected chi connectivity index (χ4v) is 2.57. The first kappa shape index (κ1) is 15.5. The highest BCUT2D eigenvalue weighted by Gasteiger charge is 2.35. The van der Waals surface area contributed by atoms with Gasteiger partial charge in [-0.25, -0.2) is 9.48 Å². The quantitative estimate of drug-likeness (QED) is 0.824. The van der Waals surface area contributed by atoms with Gasteiger partial charge < -0.3 is 10.0 Å². The lowest BCUT2D eigenvalue weighted by Gasteiger charge is -2.40. The van der Waals surface area contributed by atoms with Gasteiger partial charge in [-0.05, 0) is 12.8 Å². The Morgan fingerprint density at radius 1 is 1.43 bits per heavy atom. The molecule has 1 aromatic heterocycles. The van der Waals surface area contributed by atoms with Crippen molar-refractivity contribution in [3.05, 3.63) is 11.9 Å². The molecule has 1 N–H and O–H groups in total. The third-order valence-corrected chi connectivity index (χ3v) is 4.03. The molecule has 116 valence electrons. The van der Waals surface area contributed by atoms with Gasteiger partial charge in [-0.1, -0.05) is 31.9 Å². The molecule has 1 saturated heterocycles. The minimum absolute atomic E-state index is 0.0400. The fourth-order valence-electron chi connectivity index (χ4n) is 2.57. The first-order valence-electron chi connectivity index (χ1n) is 7.50. The molecule has 0 bridgehead atoms. The SMILES string of the molecule is CCCCC(CC)C(=O)N1CC(n2cc(C(=O)O)nn2)C1. The number of aromatic nitrogens is 3. The molecule has 2 rings (SSSR count). The smallest absolute Gasteiger partial charge is 0.358 e.